The summed E-state index contributed by atoms with van der Waals surface area (Å²) in [5, 5.41) is 5.36. The van der Waals surface area contributed by atoms with Gasteiger partial charge in [0.2, 0.25) is 10.0 Å². The third-order valence-electron chi connectivity index (χ3n) is 3.12. The Morgan fingerprint density at radius 2 is 2.26 bits per heavy atom. The maximum absolute atomic E-state index is 12.4. The molecule has 1 aromatic heterocycles. The predicted octanol–water partition coefficient (Wildman–Crippen LogP) is 1.95. The number of thiophene rings is 1. The molecule has 2 heterocycles. The molecule has 1 aliphatic heterocycles. The van der Waals surface area contributed by atoms with Crippen LogP contribution in [-0.2, 0) is 16.6 Å². The van der Waals surface area contributed by atoms with Crippen molar-refractivity contribution >= 4 is 33.1 Å². The lowest BCUT2D eigenvalue weighted by Crippen LogP contribution is -2.30. The monoisotopic (exact) mass is 320 g/mol. The summed E-state index contributed by atoms with van der Waals surface area (Å²) in [6, 6.07) is 0. The van der Waals surface area contributed by atoms with Crippen LogP contribution in [0.25, 0.3) is 0 Å². The van der Waals surface area contributed by atoms with Crippen molar-refractivity contribution in [1.82, 2.24) is 10.0 Å². The molecule has 0 saturated carbocycles. The summed E-state index contributed by atoms with van der Waals surface area (Å²) in [4.78, 5) is 1.35. The zero-order valence-electron chi connectivity index (χ0n) is 11.2. The van der Waals surface area contributed by atoms with E-state index in [1.807, 2.05) is 31.1 Å². The van der Waals surface area contributed by atoms with Crippen molar-refractivity contribution < 1.29 is 8.42 Å². The van der Waals surface area contributed by atoms with Crippen LogP contribution in [0.3, 0.4) is 0 Å². The number of hydrogen-bond acceptors (Lipinski definition) is 5. The fourth-order valence-electron chi connectivity index (χ4n) is 2.21. The van der Waals surface area contributed by atoms with Gasteiger partial charge in [-0.2, -0.15) is 11.8 Å². The molecule has 108 valence electrons. The number of rotatable bonds is 6. The Morgan fingerprint density at radius 1 is 1.47 bits per heavy atom. The van der Waals surface area contributed by atoms with Crippen LogP contribution in [0.15, 0.2) is 10.3 Å². The minimum Gasteiger partial charge on any atom is -0.315 e. The van der Waals surface area contributed by atoms with E-state index in [0.717, 1.165) is 22.6 Å². The summed E-state index contributed by atoms with van der Waals surface area (Å²) >= 11 is 3.36. The van der Waals surface area contributed by atoms with Crippen molar-refractivity contribution in [2.24, 2.45) is 0 Å². The van der Waals surface area contributed by atoms with Crippen molar-refractivity contribution in [2.75, 3.05) is 19.3 Å². The molecule has 2 N–H and O–H groups in total. The van der Waals surface area contributed by atoms with Gasteiger partial charge in [-0.1, -0.05) is 0 Å². The van der Waals surface area contributed by atoms with Gasteiger partial charge >= 0.3 is 0 Å². The zero-order chi connectivity index (χ0) is 13.9. The Labute approximate surface area is 123 Å². The Hall–Kier alpha value is -0.0800. The molecule has 0 bridgehead atoms. The summed E-state index contributed by atoms with van der Waals surface area (Å²) in [6.45, 7) is 2.99. The summed E-state index contributed by atoms with van der Waals surface area (Å²) in [6.07, 6.45) is 2.30. The third-order valence-corrected chi connectivity index (χ3v) is 7.40. The lowest BCUT2D eigenvalue weighted by molar-refractivity contribution is 0.577. The van der Waals surface area contributed by atoms with Gasteiger partial charge in [0.25, 0.3) is 0 Å². The first-order valence-corrected chi connectivity index (χ1v) is 9.78. The molecule has 1 aromatic rings. The van der Waals surface area contributed by atoms with Crippen LogP contribution in [-0.4, -0.2) is 33.0 Å². The lowest BCUT2D eigenvalue weighted by atomic mass is 10.2. The first-order chi connectivity index (χ1) is 9.04. The minimum atomic E-state index is -3.38. The molecule has 0 amide bonds. The molecule has 1 aliphatic rings. The fourth-order valence-corrected chi connectivity index (χ4v) is 6.42. The van der Waals surface area contributed by atoms with Gasteiger partial charge in [-0.25, -0.2) is 13.1 Å². The Balaban J connectivity index is 2.11. The molecule has 1 fully saturated rings. The molecule has 0 radical (unpaired) electrons. The quantitative estimate of drug-likeness (QED) is 0.841. The summed E-state index contributed by atoms with van der Waals surface area (Å²) in [5.41, 5.74) is 0.835. The first kappa shape index (κ1) is 15.3. The lowest BCUT2D eigenvalue weighted by Gasteiger charge is -2.12. The average Bonchev–Trinajstić information content (AvgIpc) is 2.97. The van der Waals surface area contributed by atoms with Crippen molar-refractivity contribution in [1.29, 1.82) is 0 Å². The van der Waals surface area contributed by atoms with E-state index in [9.17, 15) is 8.42 Å². The van der Waals surface area contributed by atoms with E-state index in [-0.39, 0.29) is 0 Å². The second kappa shape index (κ2) is 6.58. The van der Waals surface area contributed by atoms with E-state index in [2.05, 4.69) is 10.0 Å². The molecule has 4 nitrogen and oxygen atoms in total. The molecule has 1 unspecified atom stereocenters. The molecule has 1 atom stereocenters. The molecular formula is C12H20N2O2S3. The second-order valence-corrected chi connectivity index (χ2v) is 8.76. The van der Waals surface area contributed by atoms with Crippen LogP contribution in [0.5, 0.6) is 0 Å². The average molecular weight is 321 g/mol. The van der Waals surface area contributed by atoms with Crippen LogP contribution in [0, 0.1) is 6.92 Å². The van der Waals surface area contributed by atoms with Gasteiger partial charge < -0.3 is 5.32 Å². The highest BCUT2D eigenvalue weighted by molar-refractivity contribution is 8.00. The number of thioether (sulfide) groups is 1. The van der Waals surface area contributed by atoms with Gasteiger partial charge in [0, 0.05) is 23.2 Å². The number of aryl methyl sites for hydroxylation is 1. The van der Waals surface area contributed by atoms with Crippen LogP contribution in [0.4, 0.5) is 0 Å². The summed E-state index contributed by atoms with van der Waals surface area (Å²) in [5.74, 6) is 1.15. The van der Waals surface area contributed by atoms with Gasteiger partial charge in [-0.15, -0.1) is 11.3 Å². The topological polar surface area (TPSA) is 58.2 Å². The van der Waals surface area contributed by atoms with Gasteiger partial charge in [-0.05, 0) is 43.5 Å². The van der Waals surface area contributed by atoms with Crippen LogP contribution in [0.1, 0.15) is 23.3 Å². The van der Waals surface area contributed by atoms with Crippen LogP contribution in [0.2, 0.25) is 0 Å². The van der Waals surface area contributed by atoms with E-state index in [1.54, 1.807) is 0 Å². The van der Waals surface area contributed by atoms with Crippen molar-refractivity contribution in [3.05, 3.63) is 15.8 Å². The smallest absolute Gasteiger partial charge is 0.242 e. The van der Waals surface area contributed by atoms with Gasteiger partial charge in [0.15, 0.2) is 0 Å². The van der Waals surface area contributed by atoms with E-state index >= 15 is 0 Å². The van der Waals surface area contributed by atoms with Crippen molar-refractivity contribution in [3.63, 3.8) is 0 Å². The molecule has 1 saturated heterocycles. The van der Waals surface area contributed by atoms with E-state index in [4.69, 9.17) is 0 Å². The number of hydrogen-bond donors (Lipinski definition) is 2. The predicted molar refractivity (Wildman–Crippen MR) is 82.5 cm³/mol. The highest BCUT2D eigenvalue weighted by Crippen LogP contribution is 2.28. The molecular weight excluding hydrogens is 300 g/mol. The van der Waals surface area contributed by atoms with Gasteiger partial charge in [-0.3, -0.25) is 0 Å². The van der Waals surface area contributed by atoms with Crippen molar-refractivity contribution in [2.45, 2.75) is 36.5 Å². The third kappa shape index (κ3) is 3.72. The fraction of sp³-hybridized carbons (Fsp3) is 0.667. The van der Waals surface area contributed by atoms with E-state index in [0.29, 0.717) is 23.2 Å². The Bertz CT molecular complexity index is 519. The number of sulfonamides is 1. The van der Waals surface area contributed by atoms with E-state index in [1.165, 1.54) is 17.8 Å². The van der Waals surface area contributed by atoms with Gasteiger partial charge in [0.05, 0.1) is 0 Å². The second-order valence-electron chi connectivity index (χ2n) is 4.69. The zero-order valence-corrected chi connectivity index (χ0v) is 13.7. The maximum Gasteiger partial charge on any atom is 0.242 e. The molecule has 0 aliphatic carbocycles. The largest absolute Gasteiger partial charge is 0.315 e. The Morgan fingerprint density at radius 3 is 2.89 bits per heavy atom. The maximum atomic E-state index is 12.4. The van der Waals surface area contributed by atoms with Crippen molar-refractivity contribution in [3.8, 4) is 0 Å². The molecule has 2 rings (SSSR count). The van der Waals surface area contributed by atoms with E-state index < -0.39 is 10.0 Å². The highest BCUT2D eigenvalue weighted by atomic mass is 32.2. The van der Waals surface area contributed by atoms with Gasteiger partial charge in [0.1, 0.15) is 4.90 Å². The molecule has 7 heteroatoms. The van der Waals surface area contributed by atoms with Crippen LogP contribution < -0.4 is 10.0 Å². The first-order valence-electron chi connectivity index (χ1n) is 6.37. The normalized spacial score (nSPS) is 20.0. The number of nitrogens with one attached hydrogen (secondary N) is 2. The Kier molecular flexibility index (Phi) is 5.30. The highest BCUT2D eigenvalue weighted by Gasteiger charge is 2.24. The summed E-state index contributed by atoms with van der Waals surface area (Å²) < 4.78 is 27.6. The molecule has 0 aromatic carbocycles. The summed E-state index contributed by atoms with van der Waals surface area (Å²) in [7, 11) is -1.55. The standard InChI is InChI=1S/C12H20N2O2S3/c1-9-8-18-11(7-13-2)12(9)19(15,16)14-6-10-4-3-5-17-10/h8,10,13-14H,3-7H2,1-2H3. The molecule has 0 spiro atoms. The van der Waals surface area contributed by atoms with Crippen LogP contribution >= 0.6 is 23.1 Å². The molecule has 19 heavy (non-hydrogen) atoms. The minimum absolute atomic E-state index is 0.432. The SMILES string of the molecule is CNCc1scc(C)c1S(=O)(=O)NCC1CCCS1.